The summed E-state index contributed by atoms with van der Waals surface area (Å²) >= 11 is 14.3. The van der Waals surface area contributed by atoms with E-state index in [1.165, 1.54) is 18.2 Å². The Balaban J connectivity index is 1.85. The predicted molar refractivity (Wildman–Crippen MR) is 133 cm³/mol. The van der Waals surface area contributed by atoms with Crippen molar-refractivity contribution in [3.8, 4) is 0 Å². The van der Waals surface area contributed by atoms with Crippen LogP contribution >= 0.6 is 45.8 Å². The van der Waals surface area contributed by atoms with Gasteiger partial charge in [-0.25, -0.2) is 8.42 Å². The van der Waals surface area contributed by atoms with Crippen LogP contribution in [0.2, 0.25) is 10.0 Å². The molecule has 0 fully saturated rings. The molecule has 1 N–H and O–H groups in total. The van der Waals surface area contributed by atoms with Crippen LogP contribution in [-0.4, -0.2) is 31.7 Å². The van der Waals surface area contributed by atoms with E-state index in [4.69, 9.17) is 23.2 Å². The molecule has 0 atom stereocenters. The van der Waals surface area contributed by atoms with E-state index in [9.17, 15) is 13.2 Å². The average molecular weight is 589 g/mol. The van der Waals surface area contributed by atoms with Gasteiger partial charge in [0.25, 0.3) is 0 Å². The summed E-state index contributed by atoms with van der Waals surface area (Å²) in [6.07, 6.45) is 0.440. The van der Waals surface area contributed by atoms with Crippen LogP contribution in [-0.2, 0) is 21.2 Å². The molecule has 0 saturated heterocycles. The fourth-order valence-corrected chi connectivity index (χ4v) is 5.38. The van der Waals surface area contributed by atoms with Gasteiger partial charge in [-0.3, -0.25) is 4.79 Å². The molecule has 0 aliphatic carbocycles. The number of rotatable bonds is 8. The molecule has 0 aromatic heterocycles. The first kappa shape index (κ1) is 24.0. The van der Waals surface area contributed by atoms with Crippen LogP contribution in [0.5, 0.6) is 0 Å². The monoisotopic (exact) mass is 588 g/mol. The minimum absolute atomic E-state index is 0.0483. The summed E-state index contributed by atoms with van der Waals surface area (Å²) in [6.45, 7) is -0.251. The molecule has 5 nitrogen and oxygen atoms in total. The maximum Gasteiger partial charge on any atom is 0.245 e. The Bertz CT molecular complexity index is 1160. The first-order valence-corrected chi connectivity index (χ1v) is 12.6. The summed E-state index contributed by atoms with van der Waals surface area (Å²) in [6, 6.07) is 20.9. The summed E-state index contributed by atoms with van der Waals surface area (Å²) in [5.74, 6) is -0.448. The minimum Gasteiger partial charge on any atom is -0.325 e. The van der Waals surface area contributed by atoms with Crippen LogP contribution in [0.1, 0.15) is 5.56 Å². The highest BCUT2D eigenvalue weighted by Gasteiger charge is 2.29. The second-order valence-electron chi connectivity index (χ2n) is 6.70. The molecule has 162 valence electrons. The van der Waals surface area contributed by atoms with E-state index < -0.39 is 15.9 Å². The normalized spacial score (nSPS) is 11.5. The fourth-order valence-electron chi connectivity index (χ4n) is 2.89. The first-order chi connectivity index (χ1) is 14.8. The van der Waals surface area contributed by atoms with Gasteiger partial charge in [0, 0.05) is 20.8 Å². The number of amides is 1. The number of nitrogens with one attached hydrogen (secondary N) is 1. The summed E-state index contributed by atoms with van der Waals surface area (Å²) in [7, 11) is -4.06. The smallest absolute Gasteiger partial charge is 0.245 e. The van der Waals surface area contributed by atoms with Gasteiger partial charge in [0.05, 0.1) is 11.6 Å². The van der Waals surface area contributed by atoms with Gasteiger partial charge in [0.15, 0.2) is 0 Å². The number of nitrogens with zero attached hydrogens (tertiary/aromatic N) is 1. The SMILES string of the molecule is O=C(CN(CCc1ccccc1)S(=O)(=O)c1cc(Cl)ccc1Cl)Nc1ccc(I)cc1. The number of halogens is 3. The van der Waals surface area contributed by atoms with Crippen LogP contribution in [0, 0.1) is 3.57 Å². The van der Waals surface area contributed by atoms with Crippen LogP contribution in [0.3, 0.4) is 0 Å². The second-order valence-corrected chi connectivity index (χ2v) is 10.7. The van der Waals surface area contributed by atoms with Crippen molar-refractivity contribution in [2.45, 2.75) is 11.3 Å². The molecule has 0 unspecified atom stereocenters. The van der Waals surface area contributed by atoms with Crippen LogP contribution in [0.4, 0.5) is 5.69 Å². The molecule has 0 aliphatic rings. The van der Waals surface area contributed by atoms with E-state index in [1.54, 1.807) is 12.1 Å². The van der Waals surface area contributed by atoms with E-state index in [-0.39, 0.29) is 28.0 Å². The van der Waals surface area contributed by atoms with Crippen molar-refractivity contribution in [2.75, 3.05) is 18.4 Å². The topological polar surface area (TPSA) is 66.5 Å². The van der Waals surface area contributed by atoms with Crippen LogP contribution < -0.4 is 5.32 Å². The summed E-state index contributed by atoms with van der Waals surface area (Å²) in [4.78, 5) is 12.5. The molecule has 0 bridgehead atoms. The van der Waals surface area contributed by atoms with Gasteiger partial charge in [-0.15, -0.1) is 0 Å². The van der Waals surface area contributed by atoms with E-state index in [2.05, 4.69) is 27.9 Å². The van der Waals surface area contributed by atoms with Gasteiger partial charge in [0.1, 0.15) is 4.90 Å². The Hall–Kier alpha value is -1.65. The molecular weight excluding hydrogens is 570 g/mol. The second kappa shape index (κ2) is 10.8. The van der Waals surface area contributed by atoms with Crippen LogP contribution in [0.15, 0.2) is 77.7 Å². The third-order valence-electron chi connectivity index (χ3n) is 4.45. The molecular formula is C22H19Cl2IN2O3S. The molecule has 3 rings (SSSR count). The van der Waals surface area contributed by atoms with Crippen molar-refractivity contribution in [1.82, 2.24) is 4.31 Å². The maximum absolute atomic E-state index is 13.4. The molecule has 0 radical (unpaired) electrons. The minimum atomic E-state index is -4.06. The lowest BCUT2D eigenvalue weighted by Gasteiger charge is -2.22. The maximum atomic E-state index is 13.4. The van der Waals surface area contributed by atoms with Gasteiger partial charge >= 0.3 is 0 Å². The van der Waals surface area contributed by atoms with E-state index >= 15 is 0 Å². The fraction of sp³-hybridized carbons (Fsp3) is 0.136. The summed E-state index contributed by atoms with van der Waals surface area (Å²) in [5.41, 5.74) is 1.55. The number of benzene rings is 3. The largest absolute Gasteiger partial charge is 0.325 e. The summed E-state index contributed by atoms with van der Waals surface area (Å²) in [5, 5.41) is 3.03. The Morgan fingerprint density at radius 2 is 1.65 bits per heavy atom. The van der Waals surface area contributed by atoms with Gasteiger partial charge in [-0.05, 0) is 77.0 Å². The Morgan fingerprint density at radius 1 is 0.968 bits per heavy atom. The summed E-state index contributed by atoms with van der Waals surface area (Å²) < 4.78 is 28.9. The lowest BCUT2D eigenvalue weighted by atomic mass is 10.1. The van der Waals surface area contributed by atoms with E-state index in [1.807, 2.05) is 42.5 Å². The molecule has 0 heterocycles. The molecule has 1 amide bonds. The zero-order chi connectivity index (χ0) is 22.4. The van der Waals surface area contributed by atoms with Crippen LogP contribution in [0.25, 0.3) is 0 Å². The highest BCUT2D eigenvalue weighted by atomic mass is 127. The van der Waals surface area contributed by atoms with Gasteiger partial charge in [0.2, 0.25) is 15.9 Å². The lowest BCUT2D eigenvalue weighted by molar-refractivity contribution is -0.116. The van der Waals surface area contributed by atoms with Crippen molar-refractivity contribution in [2.24, 2.45) is 0 Å². The Labute approximate surface area is 205 Å². The van der Waals surface area contributed by atoms with E-state index in [0.717, 1.165) is 13.4 Å². The number of carbonyl (C=O) groups is 1. The van der Waals surface area contributed by atoms with Gasteiger partial charge in [-0.1, -0.05) is 53.5 Å². The zero-order valence-corrected chi connectivity index (χ0v) is 20.7. The van der Waals surface area contributed by atoms with Crippen molar-refractivity contribution >= 4 is 67.4 Å². The molecule has 0 aliphatic heterocycles. The van der Waals surface area contributed by atoms with Gasteiger partial charge in [-0.2, -0.15) is 4.31 Å². The lowest BCUT2D eigenvalue weighted by Crippen LogP contribution is -2.39. The number of anilines is 1. The molecule has 31 heavy (non-hydrogen) atoms. The standard InChI is InChI=1S/C22H19Cl2IN2O3S/c23-17-6-11-20(24)21(14-17)31(29,30)27(13-12-16-4-2-1-3-5-16)15-22(28)26-19-9-7-18(25)8-10-19/h1-11,14H,12-13,15H2,(H,26,28). The predicted octanol–water partition coefficient (Wildman–Crippen LogP) is 5.47. The number of hydrogen-bond acceptors (Lipinski definition) is 3. The van der Waals surface area contributed by atoms with Crippen molar-refractivity contribution in [3.05, 3.63) is 92.0 Å². The number of carbonyl (C=O) groups excluding carboxylic acids is 1. The first-order valence-electron chi connectivity index (χ1n) is 9.30. The van der Waals surface area contributed by atoms with E-state index in [0.29, 0.717) is 12.1 Å². The molecule has 0 saturated carbocycles. The molecule has 3 aromatic carbocycles. The third-order valence-corrected chi connectivity index (χ3v) is 7.73. The quantitative estimate of drug-likeness (QED) is 0.355. The highest BCUT2D eigenvalue weighted by molar-refractivity contribution is 14.1. The van der Waals surface area contributed by atoms with Gasteiger partial charge < -0.3 is 5.32 Å². The number of hydrogen-bond donors (Lipinski definition) is 1. The Kier molecular flexibility index (Phi) is 8.35. The Morgan fingerprint density at radius 3 is 2.32 bits per heavy atom. The molecule has 9 heteroatoms. The highest BCUT2D eigenvalue weighted by Crippen LogP contribution is 2.28. The average Bonchev–Trinajstić information content (AvgIpc) is 2.75. The molecule has 0 spiro atoms. The van der Waals surface area contributed by atoms with Crippen molar-refractivity contribution in [3.63, 3.8) is 0 Å². The molecule has 3 aromatic rings. The zero-order valence-electron chi connectivity index (χ0n) is 16.3. The van der Waals surface area contributed by atoms with Crippen molar-refractivity contribution in [1.29, 1.82) is 0 Å². The number of sulfonamides is 1. The van der Waals surface area contributed by atoms with Crippen molar-refractivity contribution < 1.29 is 13.2 Å². The third kappa shape index (κ3) is 6.66.